The zero-order chi connectivity index (χ0) is 20.4. The van der Waals surface area contributed by atoms with Gasteiger partial charge in [0.15, 0.2) is 0 Å². The van der Waals surface area contributed by atoms with Crippen molar-refractivity contribution in [1.82, 2.24) is 9.13 Å². The standard InChI is InChI=1S/C25H33N3/c1-15-11-10-12-17-20(15)28-16(2)21-19(22-18(27(21)9)13-14-26(22)8)25(28,7)24(5,6)23(17,3)4/h10-14,16H,1-9H3/t16-,25?/m0/s1. The predicted molar refractivity (Wildman–Crippen MR) is 118 cm³/mol. The summed E-state index contributed by atoms with van der Waals surface area (Å²) in [5.41, 5.74) is 10.1. The molecule has 0 fully saturated rings. The second kappa shape index (κ2) is 4.87. The normalized spacial score (nSPS) is 27.0. The van der Waals surface area contributed by atoms with Crippen LogP contribution in [0.25, 0.3) is 11.0 Å². The van der Waals surface area contributed by atoms with E-state index in [0.29, 0.717) is 6.04 Å². The largest absolute Gasteiger partial charge is 0.353 e. The van der Waals surface area contributed by atoms with Crippen molar-refractivity contribution >= 4 is 16.7 Å². The van der Waals surface area contributed by atoms with Gasteiger partial charge >= 0.3 is 0 Å². The molecule has 148 valence electrons. The van der Waals surface area contributed by atoms with Crippen LogP contribution < -0.4 is 4.90 Å². The molecule has 2 atom stereocenters. The first-order valence-corrected chi connectivity index (χ1v) is 10.5. The van der Waals surface area contributed by atoms with Crippen LogP contribution in [0, 0.1) is 12.3 Å². The van der Waals surface area contributed by atoms with Crippen molar-refractivity contribution in [2.75, 3.05) is 4.90 Å². The molecule has 0 saturated heterocycles. The van der Waals surface area contributed by atoms with Gasteiger partial charge in [0.2, 0.25) is 0 Å². The molecule has 28 heavy (non-hydrogen) atoms. The molecule has 1 aromatic carbocycles. The summed E-state index contributed by atoms with van der Waals surface area (Å²) in [6, 6.07) is 9.48. The van der Waals surface area contributed by atoms with Crippen LogP contribution in [0.4, 0.5) is 5.69 Å². The van der Waals surface area contributed by atoms with Gasteiger partial charge in [-0.15, -0.1) is 0 Å². The molecule has 0 radical (unpaired) electrons. The smallest absolute Gasteiger partial charge is 0.0731 e. The van der Waals surface area contributed by atoms with Gasteiger partial charge in [0.05, 0.1) is 22.6 Å². The Kier molecular flexibility index (Phi) is 3.11. The Morgan fingerprint density at radius 2 is 1.64 bits per heavy atom. The van der Waals surface area contributed by atoms with Crippen molar-refractivity contribution < 1.29 is 0 Å². The molecule has 4 heterocycles. The molecule has 3 nitrogen and oxygen atoms in total. The molecule has 0 saturated carbocycles. The van der Waals surface area contributed by atoms with Gasteiger partial charge in [0, 0.05) is 42.7 Å². The summed E-state index contributed by atoms with van der Waals surface area (Å²) in [4.78, 5) is 2.75. The summed E-state index contributed by atoms with van der Waals surface area (Å²) < 4.78 is 4.77. The van der Waals surface area contributed by atoms with Gasteiger partial charge in [-0.25, -0.2) is 0 Å². The van der Waals surface area contributed by atoms with Crippen LogP contribution >= 0.6 is 0 Å². The number of anilines is 1. The number of para-hydroxylation sites is 1. The molecular weight excluding hydrogens is 342 g/mol. The van der Waals surface area contributed by atoms with E-state index in [2.05, 4.69) is 107 Å². The minimum Gasteiger partial charge on any atom is -0.353 e. The first-order valence-electron chi connectivity index (χ1n) is 10.5. The van der Waals surface area contributed by atoms with Gasteiger partial charge in [-0.3, -0.25) is 0 Å². The molecule has 2 aliphatic heterocycles. The van der Waals surface area contributed by atoms with E-state index in [1.807, 2.05) is 0 Å². The molecule has 2 aromatic heterocycles. The molecule has 2 aliphatic rings. The maximum Gasteiger partial charge on any atom is 0.0731 e. The van der Waals surface area contributed by atoms with E-state index < -0.39 is 0 Å². The van der Waals surface area contributed by atoms with Crippen LogP contribution in [-0.4, -0.2) is 9.13 Å². The number of nitrogens with zero attached hydrogens (tertiary/aromatic N) is 3. The molecular formula is C25H33N3. The zero-order valence-electron chi connectivity index (χ0n) is 18.8. The highest BCUT2D eigenvalue weighted by Gasteiger charge is 2.65. The summed E-state index contributed by atoms with van der Waals surface area (Å²) in [5.74, 6) is 0. The van der Waals surface area contributed by atoms with E-state index in [9.17, 15) is 0 Å². The van der Waals surface area contributed by atoms with Crippen molar-refractivity contribution in [3.05, 3.63) is 52.8 Å². The van der Waals surface area contributed by atoms with Crippen LogP contribution in [0.2, 0.25) is 0 Å². The van der Waals surface area contributed by atoms with Gasteiger partial charge < -0.3 is 14.0 Å². The number of benzene rings is 1. The van der Waals surface area contributed by atoms with Gasteiger partial charge in [-0.05, 0) is 43.4 Å². The van der Waals surface area contributed by atoms with Gasteiger partial charge in [0.1, 0.15) is 0 Å². The number of aromatic nitrogens is 2. The molecule has 3 heteroatoms. The van der Waals surface area contributed by atoms with Crippen molar-refractivity contribution in [2.24, 2.45) is 19.5 Å². The summed E-state index contributed by atoms with van der Waals surface area (Å²) in [6.07, 6.45) is 2.21. The second-order valence-electron chi connectivity index (χ2n) is 10.3. The highest BCUT2D eigenvalue weighted by Crippen LogP contribution is 2.68. The fourth-order valence-electron chi connectivity index (χ4n) is 6.57. The lowest BCUT2D eigenvalue weighted by Gasteiger charge is -2.62. The lowest BCUT2D eigenvalue weighted by molar-refractivity contribution is 0.0658. The minimum absolute atomic E-state index is 0.0405. The Hall–Kier alpha value is -2.16. The van der Waals surface area contributed by atoms with Crippen LogP contribution in [0.15, 0.2) is 30.5 Å². The summed E-state index contributed by atoms with van der Waals surface area (Å²) in [5, 5.41) is 0. The Morgan fingerprint density at radius 1 is 0.964 bits per heavy atom. The molecule has 3 aromatic rings. The Labute approximate surface area is 169 Å². The Morgan fingerprint density at radius 3 is 2.32 bits per heavy atom. The maximum atomic E-state index is 2.75. The Balaban J connectivity index is 1.99. The lowest BCUT2D eigenvalue weighted by Crippen LogP contribution is -2.62. The van der Waals surface area contributed by atoms with Crippen molar-refractivity contribution in [2.45, 2.75) is 65.5 Å². The van der Waals surface area contributed by atoms with E-state index in [0.717, 1.165) is 0 Å². The second-order valence-corrected chi connectivity index (χ2v) is 10.3. The summed E-state index contributed by atoms with van der Waals surface area (Å²) in [7, 11) is 4.44. The molecule has 0 aliphatic carbocycles. The third-order valence-corrected chi connectivity index (χ3v) is 8.95. The lowest BCUT2D eigenvalue weighted by atomic mass is 9.51. The number of hydrogen-bond acceptors (Lipinski definition) is 1. The first-order chi connectivity index (χ1) is 13.0. The molecule has 0 N–H and O–H groups in total. The average Bonchev–Trinajstić information content (AvgIpc) is 3.20. The summed E-state index contributed by atoms with van der Waals surface area (Å²) >= 11 is 0. The van der Waals surface area contributed by atoms with E-state index in [1.54, 1.807) is 0 Å². The quantitative estimate of drug-likeness (QED) is 0.474. The first kappa shape index (κ1) is 17.9. The number of fused-ring (bicyclic) bond motifs is 7. The molecule has 0 bridgehead atoms. The van der Waals surface area contributed by atoms with E-state index in [-0.39, 0.29) is 16.4 Å². The maximum absolute atomic E-state index is 2.75. The van der Waals surface area contributed by atoms with Crippen LogP contribution in [0.1, 0.15) is 70.0 Å². The number of aryl methyl sites for hydroxylation is 3. The average molecular weight is 376 g/mol. The van der Waals surface area contributed by atoms with E-state index >= 15 is 0 Å². The molecule has 0 amide bonds. The zero-order valence-corrected chi connectivity index (χ0v) is 18.8. The highest BCUT2D eigenvalue weighted by atomic mass is 15.3. The van der Waals surface area contributed by atoms with Crippen molar-refractivity contribution in [1.29, 1.82) is 0 Å². The summed E-state index contributed by atoms with van der Waals surface area (Å²) in [6.45, 7) is 17.0. The highest BCUT2D eigenvalue weighted by molar-refractivity contribution is 5.88. The van der Waals surface area contributed by atoms with Crippen LogP contribution in [0.5, 0.6) is 0 Å². The van der Waals surface area contributed by atoms with Gasteiger partial charge in [0.25, 0.3) is 0 Å². The van der Waals surface area contributed by atoms with Crippen LogP contribution in [-0.2, 0) is 25.0 Å². The topological polar surface area (TPSA) is 13.1 Å². The van der Waals surface area contributed by atoms with Crippen molar-refractivity contribution in [3.8, 4) is 0 Å². The molecule has 0 spiro atoms. The van der Waals surface area contributed by atoms with Crippen molar-refractivity contribution in [3.63, 3.8) is 0 Å². The van der Waals surface area contributed by atoms with Gasteiger partial charge in [-0.2, -0.15) is 0 Å². The predicted octanol–water partition coefficient (Wildman–Crippen LogP) is 5.94. The minimum atomic E-state index is -0.0873. The third kappa shape index (κ3) is 1.58. The number of rotatable bonds is 0. The molecule has 1 unspecified atom stereocenters. The van der Waals surface area contributed by atoms with Crippen LogP contribution in [0.3, 0.4) is 0 Å². The molecule has 5 rings (SSSR count). The Bertz CT molecular complexity index is 1140. The van der Waals surface area contributed by atoms with E-state index in [1.165, 1.54) is 39.1 Å². The fraction of sp³-hybridized carbons (Fsp3) is 0.520. The monoisotopic (exact) mass is 375 g/mol. The fourth-order valence-corrected chi connectivity index (χ4v) is 6.57. The van der Waals surface area contributed by atoms with Gasteiger partial charge in [-0.1, -0.05) is 45.9 Å². The number of hydrogen-bond donors (Lipinski definition) is 0. The van der Waals surface area contributed by atoms with E-state index in [4.69, 9.17) is 0 Å². The third-order valence-electron chi connectivity index (χ3n) is 8.95. The SMILES string of the molecule is Cc1cccc2c1N1[C@@H](C)c3c(c4c(ccn4C)n3C)C1(C)C(C)(C)C2(C)C.